The largest absolute Gasteiger partial charge is 0.306 e. The first kappa shape index (κ1) is 20.4. The first-order chi connectivity index (χ1) is 10.8. The molecule has 0 saturated carbocycles. The Morgan fingerprint density at radius 2 is 1.73 bits per heavy atom. The van der Waals surface area contributed by atoms with Gasteiger partial charge in [-0.2, -0.15) is 0 Å². The lowest BCUT2D eigenvalue weighted by atomic mass is 9.91. The van der Waals surface area contributed by atoms with Crippen molar-refractivity contribution >= 4 is 0 Å². The van der Waals surface area contributed by atoms with E-state index in [-0.39, 0.29) is 0 Å². The second-order valence-electron chi connectivity index (χ2n) is 4.73. The van der Waals surface area contributed by atoms with Crippen molar-refractivity contribution in [2.75, 3.05) is 6.54 Å². The van der Waals surface area contributed by atoms with Crippen molar-refractivity contribution in [2.45, 2.75) is 54.0 Å². The Kier molecular flexibility index (Phi) is 11.1. The number of hydrogen-bond acceptors (Lipinski definition) is 1. The highest BCUT2D eigenvalue weighted by Gasteiger charge is 2.15. The summed E-state index contributed by atoms with van der Waals surface area (Å²) in [5, 5.41) is 3.58. The molecule has 0 aliphatic carbocycles. The van der Waals surface area contributed by atoms with Gasteiger partial charge in [-0.1, -0.05) is 76.8 Å². The average Bonchev–Trinajstić information content (AvgIpc) is 2.59. The third kappa shape index (κ3) is 5.65. The SMILES string of the molecule is C=C/C1=C(\C=C/C)CNC(C)c2ccccc2C1.CC.CC. The number of rotatable bonds is 2. The van der Waals surface area contributed by atoms with Crippen LogP contribution in [0.4, 0.5) is 0 Å². The highest BCUT2D eigenvalue weighted by Crippen LogP contribution is 2.25. The molecule has 1 heterocycles. The standard InChI is InChI=1S/C17H21N.2C2H6/c1-4-8-16-12-18-13(3)17-10-7-6-9-15(17)11-14(16)5-2;2*1-2/h4-10,13,18H,2,11-12H2,1,3H3;2*1-2H3/b8-4-,16-14-;;. The molecule has 1 aliphatic heterocycles. The van der Waals surface area contributed by atoms with Gasteiger partial charge < -0.3 is 5.32 Å². The summed E-state index contributed by atoms with van der Waals surface area (Å²) in [4.78, 5) is 0. The molecule has 22 heavy (non-hydrogen) atoms. The Labute approximate surface area is 137 Å². The fraction of sp³-hybridized carbons (Fsp3) is 0.429. The molecule has 0 saturated heterocycles. The molecule has 122 valence electrons. The van der Waals surface area contributed by atoms with Gasteiger partial charge in [0, 0.05) is 12.6 Å². The fourth-order valence-corrected chi connectivity index (χ4v) is 2.49. The van der Waals surface area contributed by atoms with Crippen LogP contribution >= 0.6 is 0 Å². The topological polar surface area (TPSA) is 12.0 Å². The predicted molar refractivity (Wildman–Crippen MR) is 101 cm³/mol. The van der Waals surface area contributed by atoms with Gasteiger partial charge in [-0.3, -0.25) is 0 Å². The van der Waals surface area contributed by atoms with Crippen molar-refractivity contribution in [2.24, 2.45) is 0 Å². The summed E-state index contributed by atoms with van der Waals surface area (Å²) in [6, 6.07) is 9.06. The fourth-order valence-electron chi connectivity index (χ4n) is 2.49. The van der Waals surface area contributed by atoms with Crippen molar-refractivity contribution in [1.82, 2.24) is 5.32 Å². The number of hydrogen-bond donors (Lipinski definition) is 1. The van der Waals surface area contributed by atoms with E-state index in [2.05, 4.69) is 62.2 Å². The average molecular weight is 300 g/mol. The maximum atomic E-state index is 3.96. The number of benzene rings is 1. The Balaban J connectivity index is 0.00000102. The monoisotopic (exact) mass is 299 g/mol. The van der Waals surface area contributed by atoms with E-state index in [9.17, 15) is 0 Å². The van der Waals surface area contributed by atoms with Crippen molar-refractivity contribution in [3.63, 3.8) is 0 Å². The molecule has 1 nitrogen and oxygen atoms in total. The van der Waals surface area contributed by atoms with Crippen LogP contribution in [0.1, 0.15) is 58.7 Å². The van der Waals surface area contributed by atoms with Crippen LogP contribution in [0, 0.1) is 0 Å². The second kappa shape index (κ2) is 12.0. The second-order valence-corrected chi connectivity index (χ2v) is 4.73. The van der Waals surface area contributed by atoms with Gasteiger partial charge in [0.25, 0.3) is 0 Å². The lowest BCUT2D eigenvalue weighted by Gasteiger charge is -2.23. The summed E-state index contributed by atoms with van der Waals surface area (Å²) in [6.07, 6.45) is 7.25. The highest BCUT2D eigenvalue weighted by molar-refractivity contribution is 5.42. The van der Waals surface area contributed by atoms with Crippen LogP contribution in [0.15, 0.2) is 60.2 Å². The normalized spacial score (nSPS) is 20.5. The van der Waals surface area contributed by atoms with Gasteiger partial charge in [0.05, 0.1) is 0 Å². The van der Waals surface area contributed by atoms with Crippen LogP contribution in [-0.4, -0.2) is 6.54 Å². The lowest BCUT2D eigenvalue weighted by Crippen LogP contribution is -2.24. The van der Waals surface area contributed by atoms with E-state index in [0.717, 1.165) is 13.0 Å². The van der Waals surface area contributed by atoms with Crippen LogP contribution in [0.2, 0.25) is 0 Å². The minimum absolute atomic E-state index is 0.396. The van der Waals surface area contributed by atoms with E-state index in [4.69, 9.17) is 0 Å². The summed E-state index contributed by atoms with van der Waals surface area (Å²) in [5.41, 5.74) is 5.46. The van der Waals surface area contributed by atoms with Gasteiger partial charge >= 0.3 is 0 Å². The molecule has 0 radical (unpaired) electrons. The van der Waals surface area contributed by atoms with Crippen molar-refractivity contribution < 1.29 is 0 Å². The van der Waals surface area contributed by atoms with E-state index >= 15 is 0 Å². The van der Waals surface area contributed by atoms with Crippen LogP contribution < -0.4 is 5.32 Å². The van der Waals surface area contributed by atoms with E-state index in [1.807, 2.05) is 33.8 Å². The quantitative estimate of drug-likeness (QED) is 0.705. The first-order valence-electron chi connectivity index (χ1n) is 8.54. The van der Waals surface area contributed by atoms with Gasteiger partial charge in [-0.15, -0.1) is 0 Å². The zero-order valence-electron chi connectivity index (χ0n) is 15.2. The molecule has 1 aromatic carbocycles. The molecule has 0 aromatic heterocycles. The smallest absolute Gasteiger partial charge is 0.0297 e. The van der Waals surface area contributed by atoms with Crippen LogP contribution in [0.3, 0.4) is 0 Å². The maximum absolute atomic E-state index is 3.96. The minimum Gasteiger partial charge on any atom is -0.306 e. The molecule has 0 amide bonds. The van der Waals surface area contributed by atoms with Crippen molar-refractivity contribution in [1.29, 1.82) is 0 Å². The summed E-state index contributed by atoms with van der Waals surface area (Å²) >= 11 is 0. The van der Waals surface area contributed by atoms with Crippen molar-refractivity contribution in [3.05, 3.63) is 71.3 Å². The molecule has 1 N–H and O–H groups in total. The molecule has 1 aliphatic rings. The summed E-state index contributed by atoms with van der Waals surface area (Å²) in [7, 11) is 0. The van der Waals surface area contributed by atoms with Gasteiger partial charge in [-0.05, 0) is 42.5 Å². The summed E-state index contributed by atoms with van der Waals surface area (Å²) < 4.78 is 0. The maximum Gasteiger partial charge on any atom is 0.0297 e. The third-order valence-corrected chi connectivity index (χ3v) is 3.53. The van der Waals surface area contributed by atoms with Crippen LogP contribution in [0.5, 0.6) is 0 Å². The van der Waals surface area contributed by atoms with Gasteiger partial charge in [0.15, 0.2) is 0 Å². The van der Waals surface area contributed by atoms with Crippen LogP contribution in [-0.2, 0) is 6.42 Å². The molecule has 1 aromatic rings. The predicted octanol–water partition coefficient (Wildman–Crippen LogP) is 6.00. The molecular weight excluding hydrogens is 266 g/mol. The molecule has 0 bridgehead atoms. The molecule has 2 rings (SSSR count). The Morgan fingerprint density at radius 1 is 1.09 bits per heavy atom. The van der Waals surface area contributed by atoms with E-state index in [1.165, 1.54) is 22.3 Å². The number of nitrogens with one attached hydrogen (secondary N) is 1. The summed E-state index contributed by atoms with van der Waals surface area (Å²) in [5.74, 6) is 0. The van der Waals surface area contributed by atoms with Crippen LogP contribution in [0.25, 0.3) is 0 Å². The Hall–Kier alpha value is -1.60. The molecule has 0 spiro atoms. The molecule has 0 fully saturated rings. The Bertz CT molecular complexity index is 494. The minimum atomic E-state index is 0.396. The van der Waals surface area contributed by atoms with E-state index < -0.39 is 0 Å². The summed E-state index contributed by atoms with van der Waals surface area (Å²) in [6.45, 7) is 17.2. The Morgan fingerprint density at radius 3 is 2.32 bits per heavy atom. The first-order valence-corrected chi connectivity index (χ1v) is 8.54. The zero-order valence-corrected chi connectivity index (χ0v) is 15.2. The lowest BCUT2D eigenvalue weighted by molar-refractivity contribution is 0.598. The molecular formula is C21H33N. The van der Waals surface area contributed by atoms with Crippen molar-refractivity contribution in [3.8, 4) is 0 Å². The molecule has 1 atom stereocenters. The highest BCUT2D eigenvalue weighted by atomic mass is 14.9. The zero-order chi connectivity index (χ0) is 17.0. The molecule has 1 unspecified atom stereocenters. The van der Waals surface area contributed by atoms with Gasteiger partial charge in [0.2, 0.25) is 0 Å². The van der Waals surface area contributed by atoms with Gasteiger partial charge in [0.1, 0.15) is 0 Å². The number of fused-ring (bicyclic) bond motifs is 1. The number of allylic oxidation sites excluding steroid dienone is 3. The van der Waals surface area contributed by atoms with E-state index in [0.29, 0.717) is 6.04 Å². The third-order valence-electron chi connectivity index (χ3n) is 3.53. The van der Waals surface area contributed by atoms with Gasteiger partial charge in [-0.25, -0.2) is 0 Å². The van der Waals surface area contributed by atoms with E-state index in [1.54, 1.807) is 0 Å². The molecule has 1 heteroatoms.